The second-order valence-electron chi connectivity index (χ2n) is 7.27. The molecule has 0 saturated carbocycles. The van der Waals surface area contributed by atoms with Crippen LogP contribution in [0, 0.1) is 23.2 Å². The lowest BCUT2D eigenvalue weighted by Gasteiger charge is -2.32. The summed E-state index contributed by atoms with van der Waals surface area (Å²) in [6.07, 6.45) is 4.43. The van der Waals surface area contributed by atoms with Gasteiger partial charge in [-0.1, -0.05) is 18.6 Å². The maximum Gasteiger partial charge on any atom is 0.246 e. The number of nitrogens with zero attached hydrogens (tertiary/aromatic N) is 6. The lowest BCUT2D eigenvalue weighted by atomic mass is 10.1. The van der Waals surface area contributed by atoms with E-state index in [0.717, 1.165) is 12.8 Å². The van der Waals surface area contributed by atoms with Gasteiger partial charge in [0.2, 0.25) is 5.91 Å². The van der Waals surface area contributed by atoms with Crippen molar-refractivity contribution in [3.05, 3.63) is 54.5 Å². The predicted molar refractivity (Wildman–Crippen MR) is 118 cm³/mol. The molecule has 1 atom stereocenters. The number of ether oxygens (including phenoxy) is 1. The summed E-state index contributed by atoms with van der Waals surface area (Å²) in [5.41, 5.74) is 7.67. The zero-order valence-corrected chi connectivity index (χ0v) is 17.4. The Morgan fingerprint density at radius 2 is 2.28 bits per heavy atom. The van der Waals surface area contributed by atoms with Gasteiger partial charge >= 0.3 is 0 Å². The van der Waals surface area contributed by atoms with E-state index in [1.54, 1.807) is 33.8 Å². The van der Waals surface area contributed by atoms with E-state index in [1.165, 1.54) is 12.4 Å². The summed E-state index contributed by atoms with van der Waals surface area (Å²) in [7, 11) is 0. The number of benzene rings is 1. The van der Waals surface area contributed by atoms with Crippen molar-refractivity contribution in [3.8, 4) is 23.7 Å². The fourth-order valence-electron chi connectivity index (χ4n) is 3.72. The van der Waals surface area contributed by atoms with Gasteiger partial charge in [-0.3, -0.25) is 4.79 Å². The Labute approximate surface area is 185 Å². The summed E-state index contributed by atoms with van der Waals surface area (Å²) in [5, 5.41) is 14.2. The van der Waals surface area contributed by atoms with Crippen molar-refractivity contribution in [2.75, 3.05) is 25.4 Å². The van der Waals surface area contributed by atoms with Crippen molar-refractivity contribution >= 4 is 22.8 Å². The van der Waals surface area contributed by atoms with Crippen LogP contribution in [0.15, 0.2) is 43.2 Å². The summed E-state index contributed by atoms with van der Waals surface area (Å²) in [6.45, 7) is 4.89. The van der Waals surface area contributed by atoms with Crippen LogP contribution in [0.5, 0.6) is 5.75 Å². The van der Waals surface area contributed by atoms with Gasteiger partial charge in [0.1, 0.15) is 30.2 Å². The number of piperidine rings is 1. The molecule has 3 aromatic rings. The molecule has 4 rings (SSSR count). The normalized spacial score (nSPS) is 15.5. The average Bonchev–Trinajstić information content (AvgIpc) is 3.21. The van der Waals surface area contributed by atoms with Crippen molar-refractivity contribution in [2.45, 2.75) is 18.9 Å². The van der Waals surface area contributed by atoms with Gasteiger partial charge in [0.15, 0.2) is 5.65 Å². The minimum absolute atomic E-state index is 0.0510. The highest BCUT2D eigenvalue weighted by molar-refractivity contribution is 5.90. The molecule has 0 radical (unpaired) electrons. The number of fused-ring (bicyclic) bond motifs is 1. The number of nitriles is 1. The zero-order chi connectivity index (χ0) is 22.5. The summed E-state index contributed by atoms with van der Waals surface area (Å²) < 4.78 is 7.40. The maximum atomic E-state index is 12.1. The number of aromatic nitrogens is 4. The molecule has 1 fully saturated rings. The Bertz CT molecular complexity index is 1280. The Morgan fingerprint density at radius 3 is 3.09 bits per heavy atom. The largest absolute Gasteiger partial charge is 0.481 e. The molecule has 0 aliphatic carbocycles. The Kier molecular flexibility index (Phi) is 6.00. The lowest BCUT2D eigenvalue weighted by molar-refractivity contribution is -0.127. The molecule has 1 amide bonds. The van der Waals surface area contributed by atoms with E-state index < -0.39 is 0 Å². The molecule has 9 heteroatoms. The molecule has 160 valence electrons. The second kappa shape index (κ2) is 9.19. The van der Waals surface area contributed by atoms with Crippen molar-refractivity contribution in [1.82, 2.24) is 24.6 Å². The number of amides is 1. The minimum Gasteiger partial charge on any atom is -0.481 e. The Hall–Kier alpha value is -4.37. The highest BCUT2D eigenvalue weighted by atomic mass is 16.5. The van der Waals surface area contributed by atoms with Crippen molar-refractivity contribution in [2.24, 2.45) is 0 Å². The molecular weight excluding hydrogens is 406 g/mol. The fourth-order valence-corrected chi connectivity index (χ4v) is 3.72. The Balaban J connectivity index is 1.59. The molecule has 0 bridgehead atoms. The standard InChI is InChI=1S/C23H21N7O2/c1-2-20(31)29-10-4-7-17(14-29)30-23-21(22(25)26-15-27-23)19(28-30)9-5-11-32-18-8-3-6-16(12-18)13-24/h2-3,6,8,12,15,17H,1,4,7,10-11,14H2,(H2,25,26,27)/t17-/m1/s1. The van der Waals surface area contributed by atoms with Gasteiger partial charge in [0.05, 0.1) is 23.1 Å². The first-order valence-electron chi connectivity index (χ1n) is 10.1. The molecule has 0 unspecified atom stereocenters. The number of carbonyl (C=O) groups excluding carboxylic acids is 1. The zero-order valence-electron chi connectivity index (χ0n) is 17.4. The summed E-state index contributed by atoms with van der Waals surface area (Å²) >= 11 is 0. The van der Waals surface area contributed by atoms with E-state index >= 15 is 0 Å². The van der Waals surface area contributed by atoms with Crippen LogP contribution in [0.3, 0.4) is 0 Å². The van der Waals surface area contributed by atoms with E-state index in [2.05, 4.69) is 39.6 Å². The van der Waals surface area contributed by atoms with Gasteiger partial charge in [-0.05, 0) is 43.0 Å². The highest BCUT2D eigenvalue weighted by Gasteiger charge is 2.27. The third-order valence-corrected chi connectivity index (χ3v) is 5.23. The van der Waals surface area contributed by atoms with Crippen molar-refractivity contribution in [1.29, 1.82) is 5.26 Å². The number of nitrogens with two attached hydrogens (primary N) is 1. The topological polar surface area (TPSA) is 123 Å². The molecule has 0 spiro atoms. The number of nitrogen functional groups attached to an aromatic ring is 1. The van der Waals surface area contributed by atoms with Crippen LogP contribution in [0.25, 0.3) is 11.0 Å². The first kappa shape index (κ1) is 20.9. The van der Waals surface area contributed by atoms with Gasteiger partial charge < -0.3 is 15.4 Å². The summed E-state index contributed by atoms with van der Waals surface area (Å²) in [4.78, 5) is 22.3. The third-order valence-electron chi connectivity index (χ3n) is 5.23. The molecule has 2 N–H and O–H groups in total. The van der Waals surface area contributed by atoms with Crippen LogP contribution in [0.2, 0.25) is 0 Å². The number of anilines is 1. The SMILES string of the molecule is C=CC(=O)N1CCC[C@@H](n2nc(C#CCOc3cccc(C#N)c3)c3c(N)ncnc32)C1. The summed E-state index contributed by atoms with van der Waals surface area (Å²) in [6, 6.07) is 8.88. The third kappa shape index (κ3) is 4.23. The number of likely N-dealkylation sites (tertiary alicyclic amines) is 1. The quantitative estimate of drug-likeness (QED) is 0.499. The first-order valence-corrected chi connectivity index (χ1v) is 10.1. The molecule has 9 nitrogen and oxygen atoms in total. The number of hydrogen-bond donors (Lipinski definition) is 1. The Morgan fingerprint density at radius 1 is 1.41 bits per heavy atom. The fraction of sp³-hybridized carbons (Fsp3) is 0.261. The lowest BCUT2D eigenvalue weighted by Crippen LogP contribution is -2.40. The monoisotopic (exact) mass is 427 g/mol. The van der Waals surface area contributed by atoms with Gasteiger partial charge in [-0.2, -0.15) is 10.4 Å². The van der Waals surface area contributed by atoms with Crippen LogP contribution >= 0.6 is 0 Å². The van der Waals surface area contributed by atoms with E-state index in [0.29, 0.717) is 46.9 Å². The van der Waals surface area contributed by atoms with Gasteiger partial charge in [-0.15, -0.1) is 0 Å². The van der Waals surface area contributed by atoms with Crippen molar-refractivity contribution in [3.63, 3.8) is 0 Å². The predicted octanol–water partition coefficient (Wildman–Crippen LogP) is 2.06. The van der Waals surface area contributed by atoms with Gasteiger partial charge in [-0.25, -0.2) is 14.6 Å². The van der Waals surface area contributed by atoms with E-state index in [9.17, 15) is 4.79 Å². The number of carbonyl (C=O) groups is 1. The molecular formula is C23H21N7O2. The van der Waals surface area contributed by atoms with E-state index in [4.69, 9.17) is 15.7 Å². The molecule has 1 saturated heterocycles. The van der Waals surface area contributed by atoms with Crippen molar-refractivity contribution < 1.29 is 9.53 Å². The summed E-state index contributed by atoms with van der Waals surface area (Å²) in [5.74, 6) is 6.70. The second-order valence-corrected chi connectivity index (χ2v) is 7.27. The minimum atomic E-state index is -0.0991. The number of rotatable bonds is 4. The molecule has 2 aromatic heterocycles. The molecule has 32 heavy (non-hydrogen) atoms. The smallest absolute Gasteiger partial charge is 0.246 e. The molecule has 1 aliphatic rings. The number of hydrogen-bond acceptors (Lipinski definition) is 7. The van der Waals surface area contributed by atoms with Crippen LogP contribution in [-0.2, 0) is 4.79 Å². The first-order chi connectivity index (χ1) is 15.6. The van der Waals surface area contributed by atoms with Crippen LogP contribution < -0.4 is 10.5 Å². The average molecular weight is 427 g/mol. The van der Waals surface area contributed by atoms with Gasteiger partial charge in [0.25, 0.3) is 0 Å². The molecule has 1 aromatic carbocycles. The maximum absolute atomic E-state index is 12.1. The highest BCUT2D eigenvalue weighted by Crippen LogP contribution is 2.28. The molecule has 3 heterocycles. The van der Waals surface area contributed by atoms with E-state index in [1.807, 2.05) is 0 Å². The van der Waals surface area contributed by atoms with Crippen LogP contribution in [-0.4, -0.2) is 50.3 Å². The molecule has 1 aliphatic heterocycles. The van der Waals surface area contributed by atoms with Crippen LogP contribution in [0.1, 0.15) is 30.1 Å². The van der Waals surface area contributed by atoms with E-state index in [-0.39, 0.29) is 18.6 Å². The van der Waals surface area contributed by atoms with Gasteiger partial charge in [0, 0.05) is 13.1 Å². The van der Waals surface area contributed by atoms with Crippen LogP contribution in [0.4, 0.5) is 5.82 Å².